The molecule has 0 radical (unpaired) electrons. The predicted octanol–water partition coefficient (Wildman–Crippen LogP) is 0.608. The average Bonchev–Trinajstić information content (AvgIpc) is 2.33. The van der Waals surface area contributed by atoms with Crippen LogP contribution in [0, 0.1) is 0 Å². The van der Waals surface area contributed by atoms with E-state index < -0.39 is 11.7 Å². The van der Waals surface area contributed by atoms with E-state index >= 15 is 0 Å². The molecule has 0 bridgehead atoms. The first-order valence-electron chi connectivity index (χ1n) is 5.49. The van der Waals surface area contributed by atoms with Gasteiger partial charge in [-0.2, -0.15) is 0 Å². The van der Waals surface area contributed by atoms with Crippen LogP contribution in [0.4, 0.5) is 0 Å². The molecule has 5 heteroatoms. The molecule has 0 aliphatic heterocycles. The molecule has 1 aliphatic carbocycles. The summed E-state index contributed by atoms with van der Waals surface area (Å²) in [5.41, 5.74) is 0.697. The number of aromatic nitrogens is 1. The molecule has 92 valence electrons. The van der Waals surface area contributed by atoms with Crippen molar-refractivity contribution in [1.82, 2.24) is 4.98 Å². The number of pyridine rings is 1. The van der Waals surface area contributed by atoms with Crippen molar-refractivity contribution < 1.29 is 19.7 Å². The monoisotopic (exact) mass is 237 g/mol. The molecule has 1 aliphatic rings. The number of rotatable bonds is 2. The van der Waals surface area contributed by atoms with E-state index in [0.29, 0.717) is 11.4 Å². The van der Waals surface area contributed by atoms with E-state index in [4.69, 9.17) is 4.74 Å². The van der Waals surface area contributed by atoms with Crippen molar-refractivity contribution in [2.45, 2.75) is 31.0 Å². The Morgan fingerprint density at radius 1 is 1.47 bits per heavy atom. The lowest BCUT2D eigenvalue weighted by molar-refractivity contribution is -0.186. The first kappa shape index (κ1) is 12.0. The van der Waals surface area contributed by atoms with Gasteiger partial charge in [0.05, 0.1) is 7.11 Å². The van der Waals surface area contributed by atoms with Crippen molar-refractivity contribution in [3.05, 3.63) is 23.9 Å². The molecule has 1 atom stereocenters. The van der Waals surface area contributed by atoms with Crippen LogP contribution in [0.1, 0.15) is 30.7 Å². The Morgan fingerprint density at radius 2 is 2.24 bits per heavy atom. The van der Waals surface area contributed by atoms with E-state index in [2.05, 4.69) is 4.98 Å². The molecule has 1 fully saturated rings. The SMILES string of the molecule is COc1ccc(C2CC(O)(O)CCC2=O)cn1. The zero-order chi connectivity index (χ0) is 12.5. The van der Waals surface area contributed by atoms with Crippen LogP contribution in [-0.4, -0.2) is 33.9 Å². The van der Waals surface area contributed by atoms with Gasteiger partial charge in [-0.3, -0.25) is 4.79 Å². The summed E-state index contributed by atoms with van der Waals surface area (Å²) >= 11 is 0. The average molecular weight is 237 g/mol. The third kappa shape index (κ3) is 2.62. The Balaban J connectivity index is 2.21. The van der Waals surface area contributed by atoms with E-state index in [-0.39, 0.29) is 25.0 Å². The standard InChI is InChI=1S/C12H15NO4/c1-17-11-3-2-8(7-13-11)9-6-12(15,16)5-4-10(9)14/h2-3,7,9,15-16H,4-6H2,1H3. The summed E-state index contributed by atoms with van der Waals surface area (Å²) in [5, 5.41) is 19.2. The molecule has 2 N–H and O–H groups in total. The number of Topliss-reactive ketones (excluding diaryl/α,β-unsaturated/α-hetero) is 1. The topological polar surface area (TPSA) is 79.6 Å². The van der Waals surface area contributed by atoms with Crippen LogP contribution >= 0.6 is 0 Å². The molecular weight excluding hydrogens is 222 g/mol. The first-order valence-corrected chi connectivity index (χ1v) is 5.49. The van der Waals surface area contributed by atoms with Crippen LogP contribution in [0.5, 0.6) is 5.88 Å². The quantitative estimate of drug-likeness (QED) is 0.737. The number of nitrogens with zero attached hydrogens (tertiary/aromatic N) is 1. The van der Waals surface area contributed by atoms with Gasteiger partial charge in [0, 0.05) is 37.4 Å². The van der Waals surface area contributed by atoms with Gasteiger partial charge in [0.15, 0.2) is 5.79 Å². The lowest BCUT2D eigenvalue weighted by Crippen LogP contribution is -2.38. The second kappa shape index (κ2) is 4.43. The summed E-state index contributed by atoms with van der Waals surface area (Å²) in [4.78, 5) is 15.8. The maximum atomic E-state index is 11.8. The van der Waals surface area contributed by atoms with E-state index in [9.17, 15) is 15.0 Å². The molecule has 1 aromatic heterocycles. The van der Waals surface area contributed by atoms with Gasteiger partial charge < -0.3 is 14.9 Å². The van der Waals surface area contributed by atoms with E-state index in [1.165, 1.54) is 7.11 Å². The highest BCUT2D eigenvalue weighted by Crippen LogP contribution is 2.34. The number of hydrogen-bond donors (Lipinski definition) is 2. The summed E-state index contributed by atoms with van der Waals surface area (Å²) in [5.74, 6) is -1.75. The van der Waals surface area contributed by atoms with Crippen molar-refractivity contribution in [2.24, 2.45) is 0 Å². The summed E-state index contributed by atoms with van der Waals surface area (Å²) in [6.45, 7) is 0. The number of carbonyl (C=O) groups is 1. The fourth-order valence-electron chi connectivity index (χ4n) is 2.06. The van der Waals surface area contributed by atoms with Crippen molar-refractivity contribution in [1.29, 1.82) is 0 Å². The maximum absolute atomic E-state index is 11.8. The smallest absolute Gasteiger partial charge is 0.212 e. The third-order valence-corrected chi connectivity index (χ3v) is 3.06. The van der Waals surface area contributed by atoms with Crippen molar-refractivity contribution in [2.75, 3.05) is 7.11 Å². The molecule has 1 saturated carbocycles. The van der Waals surface area contributed by atoms with E-state index in [0.717, 1.165) is 0 Å². The van der Waals surface area contributed by atoms with Gasteiger partial charge in [0.2, 0.25) is 5.88 Å². The highest BCUT2D eigenvalue weighted by atomic mass is 16.5. The van der Waals surface area contributed by atoms with E-state index in [1.807, 2.05) is 0 Å². The van der Waals surface area contributed by atoms with Crippen molar-refractivity contribution >= 4 is 5.78 Å². The fraction of sp³-hybridized carbons (Fsp3) is 0.500. The Kier molecular flexibility index (Phi) is 3.13. The number of aliphatic hydroxyl groups is 2. The molecule has 0 saturated heterocycles. The normalized spacial score (nSPS) is 23.5. The minimum absolute atomic E-state index is 0.0238. The van der Waals surface area contributed by atoms with Gasteiger partial charge in [0.25, 0.3) is 0 Å². The fourth-order valence-corrected chi connectivity index (χ4v) is 2.06. The zero-order valence-electron chi connectivity index (χ0n) is 9.59. The third-order valence-electron chi connectivity index (χ3n) is 3.06. The van der Waals surface area contributed by atoms with Crippen molar-refractivity contribution in [3.8, 4) is 5.88 Å². The molecule has 5 nitrogen and oxygen atoms in total. The molecule has 0 spiro atoms. The second-order valence-electron chi connectivity index (χ2n) is 4.34. The van der Waals surface area contributed by atoms with Gasteiger partial charge in [-0.1, -0.05) is 6.07 Å². The van der Waals surface area contributed by atoms with Crippen LogP contribution in [-0.2, 0) is 4.79 Å². The second-order valence-corrected chi connectivity index (χ2v) is 4.34. The highest BCUT2D eigenvalue weighted by molar-refractivity contribution is 5.86. The Labute approximate surface area is 99.1 Å². The van der Waals surface area contributed by atoms with Gasteiger partial charge >= 0.3 is 0 Å². The van der Waals surface area contributed by atoms with E-state index in [1.54, 1.807) is 18.3 Å². The predicted molar refractivity (Wildman–Crippen MR) is 59.6 cm³/mol. The highest BCUT2D eigenvalue weighted by Gasteiger charge is 2.37. The molecule has 1 heterocycles. The van der Waals surface area contributed by atoms with Gasteiger partial charge in [-0.25, -0.2) is 4.98 Å². The Hall–Kier alpha value is -1.46. The Bertz CT molecular complexity index is 413. The number of methoxy groups -OCH3 is 1. The number of ether oxygens (including phenoxy) is 1. The maximum Gasteiger partial charge on any atom is 0.212 e. The molecule has 2 rings (SSSR count). The van der Waals surface area contributed by atoms with Crippen LogP contribution in [0.25, 0.3) is 0 Å². The molecule has 1 aromatic rings. The molecular formula is C12H15NO4. The number of carbonyl (C=O) groups excluding carboxylic acids is 1. The molecule has 17 heavy (non-hydrogen) atoms. The van der Waals surface area contributed by atoms with Crippen LogP contribution in [0.15, 0.2) is 18.3 Å². The zero-order valence-corrected chi connectivity index (χ0v) is 9.59. The first-order chi connectivity index (χ1) is 8.02. The van der Waals surface area contributed by atoms with Gasteiger partial charge in [-0.15, -0.1) is 0 Å². The van der Waals surface area contributed by atoms with Crippen LogP contribution in [0.3, 0.4) is 0 Å². The number of ketones is 1. The largest absolute Gasteiger partial charge is 0.481 e. The molecule has 0 aromatic carbocycles. The van der Waals surface area contributed by atoms with Crippen LogP contribution < -0.4 is 4.74 Å². The summed E-state index contributed by atoms with van der Waals surface area (Å²) in [6, 6.07) is 3.39. The lowest BCUT2D eigenvalue weighted by Gasteiger charge is -2.31. The Morgan fingerprint density at radius 3 is 2.82 bits per heavy atom. The summed E-state index contributed by atoms with van der Waals surface area (Å²) in [7, 11) is 1.51. The van der Waals surface area contributed by atoms with Crippen LogP contribution in [0.2, 0.25) is 0 Å². The summed E-state index contributed by atoms with van der Waals surface area (Å²) in [6.07, 6.45) is 1.86. The molecule has 1 unspecified atom stereocenters. The lowest BCUT2D eigenvalue weighted by atomic mass is 9.80. The van der Waals surface area contributed by atoms with Gasteiger partial charge in [-0.05, 0) is 5.56 Å². The van der Waals surface area contributed by atoms with Crippen molar-refractivity contribution in [3.63, 3.8) is 0 Å². The minimum atomic E-state index is -1.75. The van der Waals surface area contributed by atoms with Gasteiger partial charge in [0.1, 0.15) is 5.78 Å². The summed E-state index contributed by atoms with van der Waals surface area (Å²) < 4.78 is 4.93. The number of hydrogen-bond acceptors (Lipinski definition) is 5. The minimum Gasteiger partial charge on any atom is -0.481 e. The molecule has 0 amide bonds.